The van der Waals surface area contributed by atoms with Crippen LogP contribution in [0.4, 0.5) is 20.2 Å². The topological polar surface area (TPSA) is 131 Å². The SMILES string of the molecule is CC(C)COc1cc(NC(=O)c2cc3ccc(N(C)OS(=O)[O-])cc3[nH]2)cc(C(F)(F)c2cccc(C#N)c2)c1. The molecule has 3 aromatic carbocycles. The van der Waals surface area contributed by atoms with Crippen molar-refractivity contribution >= 4 is 39.5 Å². The van der Waals surface area contributed by atoms with Gasteiger partial charge in [0.15, 0.2) is 0 Å². The van der Waals surface area contributed by atoms with Gasteiger partial charge in [0.25, 0.3) is 11.8 Å². The van der Waals surface area contributed by atoms with E-state index in [1.165, 1.54) is 37.4 Å². The number of nitrogens with one attached hydrogen (secondary N) is 2. The molecule has 208 valence electrons. The summed E-state index contributed by atoms with van der Waals surface area (Å²) in [6.45, 7) is 4.11. The maximum Gasteiger partial charge on any atom is 0.298 e. The van der Waals surface area contributed by atoms with E-state index in [2.05, 4.69) is 14.6 Å². The number of rotatable bonds is 10. The number of H-pyrrole nitrogens is 1. The van der Waals surface area contributed by atoms with Crippen LogP contribution in [0.25, 0.3) is 10.9 Å². The van der Waals surface area contributed by atoms with Gasteiger partial charge in [-0.3, -0.25) is 4.79 Å². The molecule has 40 heavy (non-hydrogen) atoms. The van der Waals surface area contributed by atoms with Crippen molar-refractivity contribution in [2.45, 2.75) is 19.8 Å². The van der Waals surface area contributed by atoms with Gasteiger partial charge in [0.1, 0.15) is 22.8 Å². The Morgan fingerprint density at radius 3 is 2.62 bits per heavy atom. The molecule has 1 heterocycles. The van der Waals surface area contributed by atoms with E-state index in [0.717, 1.165) is 17.2 Å². The second-order valence-corrected chi connectivity index (χ2v) is 9.96. The van der Waals surface area contributed by atoms with Crippen LogP contribution in [-0.4, -0.2) is 33.3 Å². The van der Waals surface area contributed by atoms with Crippen molar-refractivity contribution in [1.29, 1.82) is 5.26 Å². The molecule has 0 saturated heterocycles. The number of anilines is 2. The van der Waals surface area contributed by atoms with Gasteiger partial charge >= 0.3 is 0 Å². The summed E-state index contributed by atoms with van der Waals surface area (Å²) >= 11 is -2.76. The number of aromatic amines is 1. The van der Waals surface area contributed by atoms with E-state index in [9.17, 15) is 13.6 Å². The number of benzene rings is 3. The van der Waals surface area contributed by atoms with Crippen LogP contribution >= 0.6 is 0 Å². The lowest BCUT2D eigenvalue weighted by atomic mass is 9.98. The number of hydrogen-bond acceptors (Lipinski definition) is 7. The van der Waals surface area contributed by atoms with E-state index in [1.54, 1.807) is 24.3 Å². The van der Waals surface area contributed by atoms with Gasteiger partial charge < -0.3 is 19.6 Å². The summed E-state index contributed by atoms with van der Waals surface area (Å²) in [4.78, 5) is 16.1. The van der Waals surface area contributed by atoms with Gasteiger partial charge in [-0.05, 0) is 48.4 Å². The Morgan fingerprint density at radius 1 is 1.15 bits per heavy atom. The molecule has 0 bridgehead atoms. The fourth-order valence-electron chi connectivity index (χ4n) is 3.92. The molecule has 0 radical (unpaired) electrons. The number of ether oxygens (including phenoxy) is 1. The number of hydroxylamine groups is 1. The number of aromatic nitrogens is 1. The highest BCUT2D eigenvalue weighted by atomic mass is 32.2. The number of fused-ring (bicyclic) bond motifs is 1. The van der Waals surface area contributed by atoms with Gasteiger partial charge in [-0.15, -0.1) is 0 Å². The lowest BCUT2D eigenvalue weighted by Crippen LogP contribution is -2.18. The minimum Gasteiger partial charge on any atom is -0.748 e. The Morgan fingerprint density at radius 2 is 1.93 bits per heavy atom. The quantitative estimate of drug-likeness (QED) is 0.188. The highest BCUT2D eigenvalue weighted by Crippen LogP contribution is 2.39. The Balaban J connectivity index is 1.65. The molecule has 12 heteroatoms. The number of nitriles is 1. The van der Waals surface area contributed by atoms with Gasteiger partial charge in [0.2, 0.25) is 0 Å². The predicted molar refractivity (Wildman–Crippen MR) is 146 cm³/mol. The van der Waals surface area contributed by atoms with Crippen molar-refractivity contribution in [2.24, 2.45) is 5.92 Å². The molecule has 1 atom stereocenters. The third-order valence-electron chi connectivity index (χ3n) is 5.85. The molecular weight excluding hydrogens is 542 g/mol. The molecular formula is C28H25F2N4O5S-. The summed E-state index contributed by atoms with van der Waals surface area (Å²) in [7, 11) is 1.41. The summed E-state index contributed by atoms with van der Waals surface area (Å²) in [6, 6.07) is 17.3. The molecule has 0 aliphatic heterocycles. The summed E-state index contributed by atoms with van der Waals surface area (Å²) in [5.74, 6) is -3.80. The van der Waals surface area contributed by atoms with Crippen LogP contribution in [0.2, 0.25) is 0 Å². The van der Waals surface area contributed by atoms with Crippen molar-refractivity contribution in [3.8, 4) is 11.8 Å². The third-order valence-corrected chi connectivity index (χ3v) is 6.20. The van der Waals surface area contributed by atoms with Gasteiger partial charge in [-0.2, -0.15) is 18.3 Å². The van der Waals surface area contributed by atoms with Gasteiger partial charge in [0, 0.05) is 40.8 Å². The van der Waals surface area contributed by atoms with Crippen LogP contribution < -0.4 is 15.1 Å². The molecule has 4 aromatic rings. The normalized spacial score (nSPS) is 12.2. The third kappa shape index (κ3) is 6.63. The highest BCUT2D eigenvalue weighted by molar-refractivity contribution is 7.74. The zero-order chi connectivity index (χ0) is 29.0. The van der Waals surface area contributed by atoms with Crippen LogP contribution in [0, 0.1) is 17.2 Å². The molecule has 0 aliphatic carbocycles. The number of carbonyl (C=O) groups excluding carboxylic acids is 1. The second-order valence-electron chi connectivity index (χ2n) is 9.40. The number of nitrogens with zero attached hydrogens (tertiary/aromatic N) is 2. The van der Waals surface area contributed by atoms with Crippen molar-refractivity contribution < 1.29 is 31.4 Å². The van der Waals surface area contributed by atoms with E-state index < -0.39 is 28.8 Å². The molecule has 9 nitrogen and oxygen atoms in total. The van der Waals surface area contributed by atoms with E-state index in [1.807, 2.05) is 19.9 Å². The first-order valence-electron chi connectivity index (χ1n) is 12.1. The zero-order valence-corrected chi connectivity index (χ0v) is 22.6. The predicted octanol–water partition coefficient (Wildman–Crippen LogP) is 5.63. The largest absolute Gasteiger partial charge is 0.748 e. The molecule has 0 saturated carbocycles. The van der Waals surface area contributed by atoms with Crippen molar-refractivity contribution in [2.75, 3.05) is 24.0 Å². The highest BCUT2D eigenvalue weighted by Gasteiger charge is 2.35. The van der Waals surface area contributed by atoms with E-state index in [0.29, 0.717) is 16.6 Å². The van der Waals surface area contributed by atoms with E-state index >= 15 is 8.78 Å². The summed E-state index contributed by atoms with van der Waals surface area (Å²) in [5, 5.41) is 13.5. The molecule has 0 spiro atoms. The standard InChI is InChI=1S/C28H26F2N4O5S/c1-17(2)16-38-24-12-21(28(29,30)20-6-4-5-18(9-20)15-31)11-22(13-24)32-27(35)26-10-19-7-8-23(14-25(19)33-26)34(3)39-40(36)37/h4-14,17,33H,16H2,1-3H3,(H,32,35)(H,36,37)/p-1. The van der Waals surface area contributed by atoms with Crippen LogP contribution in [0.15, 0.2) is 66.7 Å². The van der Waals surface area contributed by atoms with Crippen molar-refractivity contribution in [1.82, 2.24) is 4.98 Å². The number of amides is 1. The molecule has 4 rings (SSSR count). The first-order valence-corrected chi connectivity index (χ1v) is 13.1. The van der Waals surface area contributed by atoms with E-state index in [4.69, 9.17) is 10.00 Å². The van der Waals surface area contributed by atoms with Crippen LogP contribution in [0.5, 0.6) is 5.75 Å². The zero-order valence-electron chi connectivity index (χ0n) is 21.7. The summed E-state index contributed by atoms with van der Waals surface area (Å²) in [6.07, 6.45) is 0. The molecule has 0 aliphatic rings. The van der Waals surface area contributed by atoms with Gasteiger partial charge in [-0.1, -0.05) is 32.0 Å². The fraction of sp³-hybridized carbons (Fsp3) is 0.214. The Bertz CT molecular complexity index is 1620. The molecule has 0 fully saturated rings. The average Bonchev–Trinajstić information content (AvgIpc) is 3.35. The maximum atomic E-state index is 15.6. The Hall–Kier alpha value is -4.31. The molecule has 1 aromatic heterocycles. The lowest BCUT2D eigenvalue weighted by molar-refractivity contribution is 0.0425. The minimum atomic E-state index is -3.48. The number of halogens is 2. The van der Waals surface area contributed by atoms with Gasteiger partial charge in [0.05, 0.1) is 23.9 Å². The van der Waals surface area contributed by atoms with Crippen LogP contribution in [0.1, 0.15) is 41.0 Å². The fourth-order valence-corrected chi connectivity index (χ4v) is 4.18. The smallest absolute Gasteiger partial charge is 0.298 e. The number of alkyl halides is 2. The van der Waals surface area contributed by atoms with E-state index in [-0.39, 0.29) is 40.8 Å². The summed E-state index contributed by atoms with van der Waals surface area (Å²) < 4.78 is 63.2. The first kappa shape index (κ1) is 28.7. The number of hydrogen-bond donors (Lipinski definition) is 2. The number of carbonyl (C=O) groups is 1. The Labute approximate surface area is 231 Å². The Kier molecular flexibility index (Phi) is 8.49. The average molecular weight is 568 g/mol. The lowest BCUT2D eigenvalue weighted by Gasteiger charge is -2.20. The summed E-state index contributed by atoms with van der Waals surface area (Å²) in [5.41, 5.74) is 0.472. The van der Waals surface area contributed by atoms with Gasteiger partial charge in [-0.25, -0.2) is 9.27 Å². The first-order chi connectivity index (χ1) is 19.0. The van der Waals surface area contributed by atoms with Crippen molar-refractivity contribution in [3.05, 3.63) is 89.1 Å². The van der Waals surface area contributed by atoms with Crippen molar-refractivity contribution in [3.63, 3.8) is 0 Å². The molecule has 1 unspecified atom stereocenters. The minimum absolute atomic E-state index is 0.0859. The molecule has 1 amide bonds. The van der Waals surface area contributed by atoms with Crippen LogP contribution in [-0.2, 0) is 21.6 Å². The maximum absolute atomic E-state index is 15.6. The monoisotopic (exact) mass is 567 g/mol. The molecule has 2 N–H and O–H groups in total. The van der Waals surface area contributed by atoms with Crippen LogP contribution in [0.3, 0.4) is 0 Å². The second kappa shape index (κ2) is 11.8.